The standard InChI is InChI=1S/C14H10ClFO2/c1-18-14-5-3-10(7-13(14)16)11-4-2-9(8-17)6-12(11)15/h2-8H,1H3. The largest absolute Gasteiger partial charge is 0.494 e. The Balaban J connectivity index is 2.48. The van der Waals surface area contributed by atoms with Crippen LogP contribution < -0.4 is 4.74 Å². The molecule has 0 unspecified atom stereocenters. The van der Waals surface area contributed by atoms with Crippen LogP contribution in [-0.2, 0) is 0 Å². The Labute approximate surface area is 109 Å². The summed E-state index contributed by atoms with van der Waals surface area (Å²) in [5, 5.41) is 0.407. The van der Waals surface area contributed by atoms with Crippen LogP contribution in [0.3, 0.4) is 0 Å². The van der Waals surface area contributed by atoms with E-state index in [0.717, 1.165) is 0 Å². The summed E-state index contributed by atoms with van der Waals surface area (Å²) >= 11 is 6.06. The molecule has 2 aromatic carbocycles. The molecule has 18 heavy (non-hydrogen) atoms. The topological polar surface area (TPSA) is 26.3 Å². The Kier molecular flexibility index (Phi) is 3.63. The van der Waals surface area contributed by atoms with Crippen molar-refractivity contribution in [3.05, 3.63) is 52.8 Å². The molecule has 0 N–H and O–H groups in total. The van der Waals surface area contributed by atoms with E-state index in [-0.39, 0.29) is 5.75 Å². The molecule has 2 nitrogen and oxygen atoms in total. The average Bonchev–Trinajstić information content (AvgIpc) is 2.38. The number of methoxy groups -OCH3 is 1. The van der Waals surface area contributed by atoms with Gasteiger partial charge < -0.3 is 4.74 Å². The van der Waals surface area contributed by atoms with Crippen LogP contribution in [0.1, 0.15) is 10.4 Å². The third kappa shape index (κ3) is 2.36. The Hall–Kier alpha value is -1.87. The fourth-order valence-electron chi connectivity index (χ4n) is 1.67. The molecule has 0 spiro atoms. The van der Waals surface area contributed by atoms with Crippen molar-refractivity contribution < 1.29 is 13.9 Å². The highest BCUT2D eigenvalue weighted by molar-refractivity contribution is 6.33. The zero-order valence-electron chi connectivity index (χ0n) is 9.61. The van der Waals surface area contributed by atoms with Gasteiger partial charge in [0.05, 0.1) is 7.11 Å². The lowest BCUT2D eigenvalue weighted by Crippen LogP contribution is -1.89. The van der Waals surface area contributed by atoms with Gasteiger partial charge in [0.1, 0.15) is 6.29 Å². The molecule has 0 radical (unpaired) electrons. The minimum Gasteiger partial charge on any atom is -0.494 e. The SMILES string of the molecule is COc1ccc(-c2ccc(C=O)cc2Cl)cc1F. The number of carbonyl (C=O) groups is 1. The molecule has 2 rings (SSSR count). The van der Waals surface area contributed by atoms with E-state index < -0.39 is 5.82 Å². The average molecular weight is 265 g/mol. The molecule has 0 heterocycles. The van der Waals surface area contributed by atoms with Gasteiger partial charge in [0.25, 0.3) is 0 Å². The van der Waals surface area contributed by atoms with Crippen LogP contribution in [0.4, 0.5) is 4.39 Å². The van der Waals surface area contributed by atoms with Crippen LogP contribution >= 0.6 is 11.6 Å². The second-order valence-electron chi connectivity index (χ2n) is 3.71. The zero-order valence-corrected chi connectivity index (χ0v) is 10.4. The van der Waals surface area contributed by atoms with E-state index in [1.165, 1.54) is 19.2 Å². The second-order valence-corrected chi connectivity index (χ2v) is 4.11. The van der Waals surface area contributed by atoms with Crippen LogP contribution in [0, 0.1) is 5.82 Å². The van der Waals surface area contributed by atoms with Crippen LogP contribution in [-0.4, -0.2) is 13.4 Å². The molecule has 0 saturated carbocycles. The number of halogens is 2. The number of aldehydes is 1. The molecule has 0 amide bonds. The van der Waals surface area contributed by atoms with Crippen LogP contribution in [0.2, 0.25) is 5.02 Å². The first-order chi connectivity index (χ1) is 8.65. The highest BCUT2D eigenvalue weighted by Crippen LogP contribution is 2.31. The third-order valence-electron chi connectivity index (χ3n) is 2.59. The quantitative estimate of drug-likeness (QED) is 0.784. The molecule has 0 aliphatic heterocycles. The maximum Gasteiger partial charge on any atom is 0.165 e. The number of carbonyl (C=O) groups excluding carboxylic acids is 1. The molecule has 4 heteroatoms. The predicted molar refractivity (Wildman–Crippen MR) is 68.8 cm³/mol. The van der Waals surface area contributed by atoms with Crippen molar-refractivity contribution in [2.75, 3.05) is 7.11 Å². The lowest BCUT2D eigenvalue weighted by atomic mass is 10.0. The van der Waals surface area contributed by atoms with E-state index in [4.69, 9.17) is 16.3 Å². The molecule has 92 valence electrons. The minimum absolute atomic E-state index is 0.180. The summed E-state index contributed by atoms with van der Waals surface area (Å²) in [6, 6.07) is 9.47. The highest BCUT2D eigenvalue weighted by atomic mass is 35.5. The Morgan fingerprint density at radius 3 is 2.56 bits per heavy atom. The van der Waals surface area contributed by atoms with Gasteiger partial charge in [-0.1, -0.05) is 29.8 Å². The van der Waals surface area contributed by atoms with Gasteiger partial charge in [-0.15, -0.1) is 0 Å². The Morgan fingerprint density at radius 1 is 1.22 bits per heavy atom. The van der Waals surface area contributed by atoms with Crippen molar-refractivity contribution in [2.45, 2.75) is 0 Å². The second kappa shape index (κ2) is 5.19. The molecule has 0 aliphatic carbocycles. The lowest BCUT2D eigenvalue weighted by Gasteiger charge is -2.07. The van der Waals surface area contributed by atoms with E-state index in [1.807, 2.05) is 0 Å². The molecule has 0 atom stereocenters. The van der Waals surface area contributed by atoms with Crippen LogP contribution in [0.5, 0.6) is 5.75 Å². The van der Waals surface area contributed by atoms with E-state index in [0.29, 0.717) is 28.0 Å². The predicted octanol–water partition coefficient (Wildman–Crippen LogP) is 3.97. The van der Waals surface area contributed by atoms with Crippen LogP contribution in [0.15, 0.2) is 36.4 Å². The molecule has 0 saturated heterocycles. The Morgan fingerprint density at radius 2 is 2.00 bits per heavy atom. The fraction of sp³-hybridized carbons (Fsp3) is 0.0714. The number of hydrogen-bond acceptors (Lipinski definition) is 2. The van der Waals surface area contributed by atoms with E-state index in [9.17, 15) is 9.18 Å². The van der Waals surface area contributed by atoms with Gasteiger partial charge in [-0.3, -0.25) is 4.79 Å². The van der Waals surface area contributed by atoms with Crippen molar-refractivity contribution in [3.8, 4) is 16.9 Å². The molecule has 0 aliphatic rings. The smallest absolute Gasteiger partial charge is 0.165 e. The van der Waals surface area contributed by atoms with Crippen LogP contribution in [0.25, 0.3) is 11.1 Å². The van der Waals surface area contributed by atoms with Gasteiger partial charge in [0, 0.05) is 16.1 Å². The summed E-state index contributed by atoms with van der Waals surface area (Å²) in [4.78, 5) is 10.6. The van der Waals surface area contributed by atoms with E-state index >= 15 is 0 Å². The van der Waals surface area contributed by atoms with E-state index in [2.05, 4.69) is 0 Å². The number of ether oxygens (including phenoxy) is 1. The number of hydrogen-bond donors (Lipinski definition) is 0. The molecular weight excluding hydrogens is 255 g/mol. The summed E-state index contributed by atoms with van der Waals surface area (Å²) in [5.74, 6) is -0.273. The molecular formula is C14H10ClFO2. The highest BCUT2D eigenvalue weighted by Gasteiger charge is 2.08. The first-order valence-corrected chi connectivity index (χ1v) is 5.62. The zero-order chi connectivity index (χ0) is 13.1. The van der Waals surface area contributed by atoms with Gasteiger partial charge in [-0.05, 0) is 23.8 Å². The maximum absolute atomic E-state index is 13.6. The summed E-state index contributed by atoms with van der Waals surface area (Å²) in [5.41, 5.74) is 1.79. The van der Waals surface area contributed by atoms with Crippen molar-refractivity contribution in [2.24, 2.45) is 0 Å². The summed E-state index contributed by atoms with van der Waals surface area (Å²) < 4.78 is 18.4. The first-order valence-electron chi connectivity index (χ1n) is 5.24. The van der Waals surface area contributed by atoms with Crippen molar-refractivity contribution in [1.29, 1.82) is 0 Å². The summed E-state index contributed by atoms with van der Waals surface area (Å²) in [7, 11) is 1.41. The minimum atomic E-state index is -0.453. The van der Waals surface area contributed by atoms with Crippen molar-refractivity contribution >= 4 is 17.9 Å². The van der Waals surface area contributed by atoms with Gasteiger partial charge in [-0.25, -0.2) is 4.39 Å². The van der Waals surface area contributed by atoms with E-state index in [1.54, 1.807) is 24.3 Å². The van der Waals surface area contributed by atoms with Gasteiger partial charge in [0.15, 0.2) is 11.6 Å². The van der Waals surface area contributed by atoms with Crippen molar-refractivity contribution in [3.63, 3.8) is 0 Å². The summed E-state index contributed by atoms with van der Waals surface area (Å²) in [6.45, 7) is 0. The first kappa shape index (κ1) is 12.6. The number of benzene rings is 2. The Bertz CT molecular complexity index is 596. The monoisotopic (exact) mass is 264 g/mol. The van der Waals surface area contributed by atoms with Gasteiger partial charge in [-0.2, -0.15) is 0 Å². The maximum atomic E-state index is 13.6. The van der Waals surface area contributed by atoms with Gasteiger partial charge >= 0.3 is 0 Å². The molecule has 2 aromatic rings. The van der Waals surface area contributed by atoms with Crippen molar-refractivity contribution in [1.82, 2.24) is 0 Å². The molecule has 0 aromatic heterocycles. The normalized spacial score (nSPS) is 10.2. The molecule has 0 fully saturated rings. The third-order valence-corrected chi connectivity index (χ3v) is 2.90. The molecule has 0 bridgehead atoms. The summed E-state index contributed by atoms with van der Waals surface area (Å²) in [6.07, 6.45) is 0.713. The lowest BCUT2D eigenvalue weighted by molar-refractivity contribution is 0.112. The number of rotatable bonds is 3. The van der Waals surface area contributed by atoms with Gasteiger partial charge in [0.2, 0.25) is 0 Å². The fourth-order valence-corrected chi connectivity index (χ4v) is 1.97.